The van der Waals surface area contributed by atoms with E-state index in [0.29, 0.717) is 54.6 Å². The summed E-state index contributed by atoms with van der Waals surface area (Å²) in [5, 5.41) is 0. The Morgan fingerprint density at radius 1 is 1.07 bits per heavy atom. The van der Waals surface area contributed by atoms with Crippen LogP contribution in [0.4, 0.5) is 13.2 Å². The number of aromatic nitrogens is 2. The third-order valence-electron chi connectivity index (χ3n) is 12.9. The van der Waals surface area contributed by atoms with Gasteiger partial charge in [0.05, 0.1) is 53.2 Å². The largest absolute Gasteiger partial charge is 0.497 e. The van der Waals surface area contributed by atoms with Gasteiger partial charge in [-0.25, -0.2) is 18.4 Å². The number of rotatable bonds is 10. The van der Waals surface area contributed by atoms with Crippen LogP contribution in [0.1, 0.15) is 118 Å². The highest BCUT2D eigenvalue weighted by Gasteiger charge is 2.63. The van der Waals surface area contributed by atoms with Crippen molar-refractivity contribution in [1.82, 2.24) is 19.6 Å². The number of methoxy groups -OCH3 is 1. The first-order valence-corrected chi connectivity index (χ1v) is 22.3. The molecule has 0 spiro atoms. The van der Waals surface area contributed by atoms with Crippen molar-refractivity contribution in [2.75, 3.05) is 13.7 Å². The Morgan fingerprint density at radius 3 is 2.40 bits per heavy atom. The Morgan fingerprint density at radius 2 is 1.77 bits per heavy atom. The van der Waals surface area contributed by atoms with Gasteiger partial charge in [0.25, 0.3) is 0 Å². The molecule has 7 atom stereocenters. The van der Waals surface area contributed by atoms with Crippen molar-refractivity contribution in [3.8, 4) is 11.6 Å². The molecule has 1 aromatic carbocycles. The van der Waals surface area contributed by atoms with Gasteiger partial charge in [0.15, 0.2) is 5.78 Å². The zero-order valence-corrected chi connectivity index (χ0v) is 36.4. The molecule has 0 bridgehead atoms. The number of benzene rings is 1. The first-order chi connectivity index (χ1) is 27.9. The molecule has 17 heteroatoms. The summed E-state index contributed by atoms with van der Waals surface area (Å²) < 4.78 is 86.0. The minimum absolute atomic E-state index is 0.0102. The summed E-state index contributed by atoms with van der Waals surface area (Å²) in [4.78, 5) is 67.9. The number of hydrogen-bond acceptors (Lipinski definition) is 11. The second-order valence-electron chi connectivity index (χ2n) is 18.5. The second kappa shape index (κ2) is 16.5. The molecular formula is C43H57F3N4O9S. The van der Waals surface area contributed by atoms with Gasteiger partial charge in [-0.15, -0.1) is 0 Å². The zero-order chi connectivity index (χ0) is 44.2. The van der Waals surface area contributed by atoms with Crippen LogP contribution in [0.3, 0.4) is 0 Å². The molecule has 2 aliphatic heterocycles. The average Bonchev–Trinajstić information content (AvgIpc) is 4.04. The van der Waals surface area contributed by atoms with Gasteiger partial charge in [-0.1, -0.05) is 39.8 Å². The normalized spacial score (nSPS) is 29.2. The van der Waals surface area contributed by atoms with E-state index in [1.165, 1.54) is 12.0 Å². The van der Waals surface area contributed by atoms with Gasteiger partial charge in [-0.05, 0) is 89.2 Å². The minimum atomic E-state index is -4.87. The summed E-state index contributed by atoms with van der Waals surface area (Å²) in [6.07, 6.45) is -0.326. The molecule has 1 aromatic heterocycles. The fraction of sp³-hybridized carbons (Fsp3) is 0.674. The lowest BCUT2D eigenvalue weighted by Gasteiger charge is -2.33. The number of amides is 2. The molecule has 3 fully saturated rings. The van der Waals surface area contributed by atoms with E-state index in [1.54, 1.807) is 32.0 Å². The lowest BCUT2D eigenvalue weighted by molar-refractivity contribution is -0.257. The Kier molecular flexibility index (Phi) is 12.5. The van der Waals surface area contributed by atoms with Crippen molar-refractivity contribution in [2.45, 2.75) is 141 Å². The van der Waals surface area contributed by atoms with E-state index in [-0.39, 0.29) is 43.5 Å². The van der Waals surface area contributed by atoms with Crippen LogP contribution in [-0.2, 0) is 33.9 Å². The SMILES string of the molecule is COc1ccc2nc(C(C)C)c(O[C@@H]3C[C@H]4C(=O)C[C@]5(C(=O)NS(=O)(=O)C6(C)CC6)C[C@H]5/C=C\CC[C@@H](C)C[C@@H](C)[C@H](CC(=O)OC(C)(C)C(F)(F)F)C(=O)N4C3)nc2c1. The van der Waals surface area contributed by atoms with Crippen LogP contribution >= 0.6 is 0 Å². The van der Waals surface area contributed by atoms with Gasteiger partial charge in [0.1, 0.15) is 17.5 Å². The maximum absolute atomic E-state index is 14.9. The van der Waals surface area contributed by atoms with E-state index >= 15 is 0 Å². The van der Waals surface area contributed by atoms with Crippen molar-refractivity contribution in [3.05, 3.63) is 36.0 Å². The average molecular weight is 863 g/mol. The van der Waals surface area contributed by atoms with Crippen LogP contribution in [0.25, 0.3) is 11.0 Å². The van der Waals surface area contributed by atoms with Crippen molar-refractivity contribution >= 4 is 44.6 Å². The number of ketones is 1. The van der Waals surface area contributed by atoms with E-state index in [0.717, 1.165) is 13.8 Å². The molecule has 0 radical (unpaired) electrons. The predicted molar refractivity (Wildman–Crippen MR) is 215 cm³/mol. The molecule has 6 rings (SSSR count). The topological polar surface area (TPSA) is 171 Å². The number of carbonyl (C=O) groups is 4. The van der Waals surface area contributed by atoms with Gasteiger partial charge in [-0.2, -0.15) is 13.2 Å². The van der Waals surface area contributed by atoms with E-state index in [4.69, 9.17) is 24.2 Å². The Bertz CT molecular complexity index is 2160. The van der Waals surface area contributed by atoms with Crippen molar-refractivity contribution in [2.24, 2.45) is 29.1 Å². The molecule has 4 aliphatic rings. The third-order valence-corrected chi connectivity index (χ3v) is 15.1. The Labute approximate surface area is 349 Å². The van der Waals surface area contributed by atoms with Crippen LogP contribution in [0, 0.1) is 29.1 Å². The van der Waals surface area contributed by atoms with Crippen LogP contribution in [0.15, 0.2) is 30.4 Å². The quantitative estimate of drug-likeness (QED) is 0.193. The van der Waals surface area contributed by atoms with Gasteiger partial charge < -0.3 is 19.1 Å². The van der Waals surface area contributed by atoms with E-state index in [9.17, 15) is 40.8 Å². The number of ether oxygens (including phenoxy) is 3. The van der Waals surface area contributed by atoms with E-state index in [1.807, 2.05) is 32.9 Å². The first kappa shape index (κ1) is 45.3. The lowest BCUT2D eigenvalue weighted by atomic mass is 9.82. The number of nitrogens with one attached hydrogen (secondary N) is 1. The van der Waals surface area contributed by atoms with E-state index < -0.39 is 91.8 Å². The molecule has 2 aromatic rings. The highest BCUT2D eigenvalue weighted by molar-refractivity contribution is 7.91. The summed E-state index contributed by atoms with van der Waals surface area (Å²) in [7, 11) is -2.52. The molecule has 2 saturated carbocycles. The zero-order valence-electron chi connectivity index (χ0n) is 35.6. The predicted octanol–water partition coefficient (Wildman–Crippen LogP) is 6.98. The standard InChI is InChI=1S/C43H57F3N4O9S/c1-24(2)36-37(48-32-18-28(57-8)13-14-31(32)47-36)58-29-19-33-34(51)22-42(39(54)49-60(55,56)41(7)15-16-41)21-27(42)12-10-9-11-25(3)17-26(4)30(38(53)50(33)23-29)20-35(52)59-40(5,6)43(44,45)46/h10,12-14,18,24-27,29-30,33H,9,11,15-17,19-23H2,1-8H3,(H,49,54)/b12-10-/t25-,26-,27-,29-,30+,33+,42-/m1/s1. The van der Waals surface area contributed by atoms with Crippen LogP contribution in [0.2, 0.25) is 0 Å². The number of sulfonamides is 1. The number of fused-ring (bicyclic) bond motifs is 3. The number of esters is 1. The molecule has 1 saturated heterocycles. The molecule has 1 N–H and O–H groups in total. The molecule has 0 unspecified atom stereocenters. The van der Waals surface area contributed by atoms with Gasteiger partial charge in [0, 0.05) is 24.8 Å². The summed E-state index contributed by atoms with van der Waals surface area (Å²) in [5.74, 6) is -4.68. The summed E-state index contributed by atoms with van der Waals surface area (Å²) >= 11 is 0. The van der Waals surface area contributed by atoms with Crippen molar-refractivity contribution < 1.29 is 55.0 Å². The number of allylic oxidation sites excluding steroid dienone is 2. The summed E-state index contributed by atoms with van der Waals surface area (Å²) in [5.41, 5.74) is -2.61. The third kappa shape index (κ3) is 9.30. The lowest BCUT2D eigenvalue weighted by Crippen LogP contribution is -2.48. The second-order valence-corrected chi connectivity index (χ2v) is 20.7. The van der Waals surface area contributed by atoms with Crippen LogP contribution < -0.4 is 14.2 Å². The number of alkyl halides is 3. The first-order valence-electron chi connectivity index (χ1n) is 20.8. The van der Waals surface area contributed by atoms with Crippen molar-refractivity contribution in [1.29, 1.82) is 0 Å². The molecule has 2 amide bonds. The number of nitrogens with zero attached hydrogens (tertiary/aromatic N) is 3. The fourth-order valence-corrected chi connectivity index (χ4v) is 9.76. The molecule has 2 aliphatic carbocycles. The Balaban J connectivity index is 1.37. The van der Waals surface area contributed by atoms with Crippen LogP contribution in [-0.4, -0.2) is 89.2 Å². The number of hydrogen-bond donors (Lipinski definition) is 1. The number of Topliss-reactive ketones (excluding diaryl/α,β-unsaturated/α-hetero) is 1. The smallest absolute Gasteiger partial charge is 0.427 e. The summed E-state index contributed by atoms with van der Waals surface area (Å²) in [6.45, 7) is 10.5. The van der Waals surface area contributed by atoms with Gasteiger partial charge in [0.2, 0.25) is 33.3 Å². The molecule has 3 heterocycles. The van der Waals surface area contributed by atoms with Crippen LogP contribution in [0.5, 0.6) is 11.6 Å². The van der Waals surface area contributed by atoms with E-state index in [2.05, 4.69) is 4.72 Å². The molecule has 60 heavy (non-hydrogen) atoms. The van der Waals surface area contributed by atoms with Crippen molar-refractivity contribution in [3.63, 3.8) is 0 Å². The Hall–Kier alpha value is -4.28. The highest BCUT2D eigenvalue weighted by atomic mass is 32.2. The number of carbonyl (C=O) groups excluding carboxylic acids is 4. The molecular weight excluding hydrogens is 806 g/mol. The fourth-order valence-electron chi connectivity index (χ4n) is 8.43. The minimum Gasteiger partial charge on any atom is -0.497 e. The molecule has 13 nitrogen and oxygen atoms in total. The van der Waals surface area contributed by atoms with Gasteiger partial charge in [-0.3, -0.25) is 23.9 Å². The number of halogens is 3. The summed E-state index contributed by atoms with van der Waals surface area (Å²) in [6, 6.07) is 4.04. The molecule has 330 valence electrons. The monoisotopic (exact) mass is 862 g/mol. The van der Waals surface area contributed by atoms with Gasteiger partial charge >= 0.3 is 12.1 Å². The maximum atomic E-state index is 14.9. The maximum Gasteiger partial charge on any atom is 0.427 e. The highest BCUT2D eigenvalue weighted by Crippen LogP contribution is 2.58.